The quantitative estimate of drug-likeness (QED) is 0.688. The topological polar surface area (TPSA) is 45.8 Å². The van der Waals surface area contributed by atoms with Gasteiger partial charge in [-0.1, -0.05) is 24.3 Å². The number of nitrogens with zero attached hydrogens (tertiary/aromatic N) is 2. The molecule has 21 heavy (non-hydrogen) atoms. The van der Waals surface area contributed by atoms with Crippen LogP contribution in [0.3, 0.4) is 0 Å². The van der Waals surface area contributed by atoms with Crippen molar-refractivity contribution in [1.29, 1.82) is 5.26 Å². The van der Waals surface area contributed by atoms with Crippen LogP contribution in [0.2, 0.25) is 0 Å². The number of aromatic nitrogens is 1. The van der Waals surface area contributed by atoms with Gasteiger partial charge in [-0.15, -0.1) is 0 Å². The molecule has 0 atom stereocenters. The number of benzene rings is 2. The summed E-state index contributed by atoms with van der Waals surface area (Å²) in [5.41, 5.74) is 1.96. The van der Waals surface area contributed by atoms with Gasteiger partial charge in [0.1, 0.15) is 11.9 Å². The van der Waals surface area contributed by atoms with Crippen LogP contribution in [0.25, 0.3) is 10.9 Å². The molecule has 0 radical (unpaired) electrons. The maximum absolute atomic E-state index is 14.1. The van der Waals surface area contributed by atoms with Crippen molar-refractivity contribution in [3.05, 3.63) is 71.2 Å². The molecule has 0 unspecified atom stereocenters. The average Bonchev–Trinajstić information content (AvgIpc) is 2.92. The number of aldehydes is 1. The molecule has 0 aliphatic heterocycles. The second-order valence-electron chi connectivity index (χ2n) is 4.73. The highest BCUT2D eigenvalue weighted by atomic mass is 19.1. The molecule has 0 bridgehead atoms. The standard InChI is InChI=1S/C17H11FN2O/c18-17-12(9-19)3-1-4-13(17)10-20-8-7-15-14(11-21)5-2-6-16(15)20/h1-8,11H,10H2. The van der Waals surface area contributed by atoms with Gasteiger partial charge in [-0.05, 0) is 18.2 Å². The first-order valence-electron chi connectivity index (χ1n) is 6.45. The summed E-state index contributed by atoms with van der Waals surface area (Å²) in [6.45, 7) is 0.313. The fourth-order valence-corrected chi connectivity index (χ4v) is 2.46. The number of fused-ring (bicyclic) bond motifs is 1. The van der Waals surface area contributed by atoms with Crippen LogP contribution in [0.4, 0.5) is 4.39 Å². The van der Waals surface area contributed by atoms with Crippen molar-refractivity contribution >= 4 is 17.2 Å². The average molecular weight is 278 g/mol. The SMILES string of the molecule is N#Cc1cccc(Cn2ccc3c(C=O)cccc32)c1F. The molecular formula is C17H11FN2O. The van der Waals surface area contributed by atoms with Crippen molar-refractivity contribution in [3.63, 3.8) is 0 Å². The zero-order valence-corrected chi connectivity index (χ0v) is 11.1. The molecule has 0 N–H and O–H groups in total. The van der Waals surface area contributed by atoms with Gasteiger partial charge < -0.3 is 4.57 Å². The van der Waals surface area contributed by atoms with Crippen molar-refractivity contribution in [2.45, 2.75) is 6.54 Å². The Kier molecular flexibility index (Phi) is 3.25. The first kappa shape index (κ1) is 13.1. The zero-order valence-electron chi connectivity index (χ0n) is 11.1. The molecule has 0 aliphatic carbocycles. The van der Waals surface area contributed by atoms with Crippen LogP contribution in [-0.4, -0.2) is 10.9 Å². The van der Waals surface area contributed by atoms with E-state index < -0.39 is 5.82 Å². The fourth-order valence-electron chi connectivity index (χ4n) is 2.46. The Morgan fingerprint density at radius 1 is 1.19 bits per heavy atom. The van der Waals surface area contributed by atoms with Gasteiger partial charge in [-0.25, -0.2) is 4.39 Å². The van der Waals surface area contributed by atoms with Crippen LogP contribution in [-0.2, 0) is 6.54 Å². The van der Waals surface area contributed by atoms with Gasteiger partial charge in [0.25, 0.3) is 0 Å². The highest BCUT2D eigenvalue weighted by Gasteiger charge is 2.10. The summed E-state index contributed by atoms with van der Waals surface area (Å²) >= 11 is 0. The van der Waals surface area contributed by atoms with E-state index in [0.29, 0.717) is 17.7 Å². The van der Waals surface area contributed by atoms with Crippen molar-refractivity contribution in [3.8, 4) is 6.07 Å². The Balaban J connectivity index is 2.08. The van der Waals surface area contributed by atoms with E-state index >= 15 is 0 Å². The number of carbonyl (C=O) groups is 1. The van der Waals surface area contributed by atoms with Crippen LogP contribution >= 0.6 is 0 Å². The maximum atomic E-state index is 14.1. The lowest BCUT2D eigenvalue weighted by molar-refractivity contribution is 0.112. The van der Waals surface area contributed by atoms with Crippen LogP contribution < -0.4 is 0 Å². The monoisotopic (exact) mass is 278 g/mol. The van der Waals surface area contributed by atoms with Crippen LogP contribution in [0.5, 0.6) is 0 Å². The third-order valence-corrected chi connectivity index (χ3v) is 3.51. The van der Waals surface area contributed by atoms with Crippen LogP contribution in [0, 0.1) is 17.1 Å². The summed E-state index contributed by atoms with van der Waals surface area (Å²) in [6, 6.07) is 13.9. The van der Waals surface area contributed by atoms with Gasteiger partial charge in [0.2, 0.25) is 0 Å². The minimum absolute atomic E-state index is 0.0394. The van der Waals surface area contributed by atoms with E-state index in [9.17, 15) is 9.18 Å². The van der Waals surface area contributed by atoms with Crippen molar-refractivity contribution in [1.82, 2.24) is 4.57 Å². The summed E-state index contributed by atoms with van der Waals surface area (Å²) in [5.74, 6) is -0.492. The largest absolute Gasteiger partial charge is 0.343 e. The van der Waals surface area contributed by atoms with Gasteiger partial charge in [0.15, 0.2) is 6.29 Å². The van der Waals surface area contributed by atoms with E-state index in [1.165, 1.54) is 6.07 Å². The molecule has 3 nitrogen and oxygen atoms in total. The molecule has 0 saturated carbocycles. The van der Waals surface area contributed by atoms with Crippen molar-refractivity contribution in [2.75, 3.05) is 0 Å². The van der Waals surface area contributed by atoms with Gasteiger partial charge >= 0.3 is 0 Å². The van der Waals surface area contributed by atoms with E-state index in [4.69, 9.17) is 5.26 Å². The van der Waals surface area contributed by atoms with E-state index in [0.717, 1.165) is 17.2 Å². The Bertz CT molecular complexity index is 874. The molecular weight excluding hydrogens is 267 g/mol. The molecule has 0 aliphatic rings. The van der Waals surface area contributed by atoms with Gasteiger partial charge in [0.05, 0.1) is 12.1 Å². The van der Waals surface area contributed by atoms with Gasteiger partial charge in [0, 0.05) is 28.2 Å². The second-order valence-corrected chi connectivity index (χ2v) is 4.73. The molecule has 0 spiro atoms. The van der Waals surface area contributed by atoms with E-state index in [2.05, 4.69) is 0 Å². The summed E-state index contributed by atoms with van der Waals surface area (Å²) in [7, 11) is 0. The number of hydrogen-bond donors (Lipinski definition) is 0. The highest BCUT2D eigenvalue weighted by molar-refractivity contribution is 5.97. The lowest BCUT2D eigenvalue weighted by Gasteiger charge is -2.08. The molecule has 4 heteroatoms. The van der Waals surface area contributed by atoms with E-state index in [1.807, 2.05) is 29.0 Å². The number of carbonyl (C=O) groups excluding carboxylic acids is 1. The predicted octanol–water partition coefficient (Wildman–Crippen LogP) is 3.51. The molecule has 0 amide bonds. The summed E-state index contributed by atoms with van der Waals surface area (Å²) < 4.78 is 16.0. The van der Waals surface area contributed by atoms with E-state index in [-0.39, 0.29) is 5.56 Å². The number of halogens is 1. The van der Waals surface area contributed by atoms with E-state index in [1.54, 1.807) is 24.3 Å². The van der Waals surface area contributed by atoms with Crippen LogP contribution in [0.15, 0.2) is 48.7 Å². The molecule has 1 heterocycles. The summed E-state index contributed by atoms with van der Waals surface area (Å²) in [6.07, 6.45) is 2.62. The molecule has 102 valence electrons. The molecule has 3 rings (SSSR count). The fraction of sp³-hybridized carbons (Fsp3) is 0.0588. The van der Waals surface area contributed by atoms with Gasteiger partial charge in [-0.2, -0.15) is 5.26 Å². The van der Waals surface area contributed by atoms with Crippen molar-refractivity contribution < 1.29 is 9.18 Å². The first-order chi connectivity index (χ1) is 10.2. The molecule has 0 fully saturated rings. The zero-order chi connectivity index (χ0) is 14.8. The predicted molar refractivity (Wildman–Crippen MR) is 77.5 cm³/mol. The number of hydrogen-bond acceptors (Lipinski definition) is 2. The lowest BCUT2D eigenvalue weighted by atomic mass is 10.1. The number of nitriles is 1. The Morgan fingerprint density at radius 3 is 2.76 bits per heavy atom. The Morgan fingerprint density at radius 2 is 2.00 bits per heavy atom. The smallest absolute Gasteiger partial charge is 0.150 e. The summed E-state index contributed by atoms with van der Waals surface area (Å²) in [5, 5.41) is 9.71. The number of rotatable bonds is 3. The third-order valence-electron chi connectivity index (χ3n) is 3.51. The Labute approximate surface area is 120 Å². The minimum Gasteiger partial charge on any atom is -0.343 e. The van der Waals surface area contributed by atoms with Crippen molar-refractivity contribution in [2.24, 2.45) is 0 Å². The molecule has 0 saturated heterocycles. The molecule has 2 aromatic carbocycles. The summed E-state index contributed by atoms with van der Waals surface area (Å²) in [4.78, 5) is 11.0. The Hall–Kier alpha value is -2.93. The van der Waals surface area contributed by atoms with Crippen LogP contribution in [0.1, 0.15) is 21.5 Å². The van der Waals surface area contributed by atoms with Gasteiger partial charge in [-0.3, -0.25) is 4.79 Å². The normalized spacial score (nSPS) is 10.5. The lowest BCUT2D eigenvalue weighted by Crippen LogP contribution is -2.02. The third kappa shape index (κ3) is 2.19. The first-order valence-corrected chi connectivity index (χ1v) is 6.45. The molecule has 3 aromatic rings. The maximum Gasteiger partial charge on any atom is 0.150 e. The molecule has 1 aromatic heterocycles. The minimum atomic E-state index is -0.492. The second kappa shape index (κ2) is 5.22. The highest BCUT2D eigenvalue weighted by Crippen LogP contribution is 2.21.